The van der Waals surface area contributed by atoms with Crippen LogP contribution >= 0.6 is 46.8 Å². The SMILES string of the molecule is C#C[C@]1(O)CC[C@H]2[C@@H]3CCC4=Cc5oncc5C[C@]4(C)[C@H]3CC[C@@]21C.CC(C)C[C@H]1C(=O)N2CCC[C@H]2[C@]2(O)O[C@](NC(=O)[C@@H]3C=C4c5cccc6[nH]c(Br)c(c56)C[C@H]4N(C)C3)(C(C)C)C(=O)N12.Nc1ccc(S(=O)(=O)c2ccc(N)cc2)cc1.O=CCCCC=O.O=P1(N(CCCl)CCCl)NCCCO1. The number of hydrogen-bond donors (Lipinski definition) is 7. The Kier molecular flexibility index (Phi) is 25.0. The summed E-state index contributed by atoms with van der Waals surface area (Å²) in [6.45, 7) is 15.6. The van der Waals surface area contributed by atoms with Crippen LogP contribution in [0.3, 0.4) is 0 Å². The predicted molar refractivity (Wildman–Crippen MR) is 413 cm³/mol. The monoisotopic (exact) mass is 1600 g/mol. The number of nitrogens with two attached hydrogens (primary N) is 2. The lowest BCUT2D eigenvalue weighted by molar-refractivity contribution is -0.322. The van der Waals surface area contributed by atoms with Crippen LogP contribution in [0.4, 0.5) is 11.4 Å². The van der Waals surface area contributed by atoms with Crippen LogP contribution < -0.4 is 21.9 Å². The molecule has 13 atom stereocenters. The number of benzene rings is 3. The quantitative estimate of drug-likeness (QED) is 0.0120. The van der Waals surface area contributed by atoms with Gasteiger partial charge in [0, 0.05) is 103 Å². The van der Waals surface area contributed by atoms with Crippen molar-refractivity contribution >= 4 is 121 Å². The number of aliphatic hydroxyl groups is 2. The van der Waals surface area contributed by atoms with Crippen molar-refractivity contribution in [3.05, 3.63) is 112 Å². The molecule has 3 saturated carbocycles. The number of terminal acetylenes is 1. The number of unbranched alkanes of at least 4 members (excludes halogenated alkanes) is 2. The van der Waals surface area contributed by atoms with Gasteiger partial charge in [0.1, 0.15) is 30.3 Å². The number of aromatic nitrogens is 2. The molecule has 5 aliphatic carbocycles. The van der Waals surface area contributed by atoms with Gasteiger partial charge in [-0.2, -0.15) is 0 Å². The van der Waals surface area contributed by atoms with E-state index in [4.69, 9.17) is 54.9 Å². The number of halogens is 3. The van der Waals surface area contributed by atoms with Crippen molar-refractivity contribution < 1.29 is 61.0 Å². The Morgan fingerprint density at radius 2 is 1.60 bits per heavy atom. The lowest BCUT2D eigenvalue weighted by Gasteiger charge is -2.58. The van der Waals surface area contributed by atoms with E-state index in [1.54, 1.807) is 53.3 Å². The van der Waals surface area contributed by atoms with Gasteiger partial charge in [-0.05, 0) is 213 Å². The highest BCUT2D eigenvalue weighted by Gasteiger charge is 2.72. The van der Waals surface area contributed by atoms with Crippen LogP contribution in [0.1, 0.15) is 147 Å². The summed E-state index contributed by atoms with van der Waals surface area (Å²) in [5.41, 5.74) is 16.8. The third kappa shape index (κ3) is 15.3. The van der Waals surface area contributed by atoms with Crippen molar-refractivity contribution in [2.45, 2.75) is 183 Å². The first kappa shape index (κ1) is 80.8. The fourth-order valence-electron chi connectivity index (χ4n) is 18.3. The van der Waals surface area contributed by atoms with Crippen LogP contribution in [0.2, 0.25) is 0 Å². The number of nitrogens with zero attached hydrogens (tertiary/aromatic N) is 5. The van der Waals surface area contributed by atoms with Gasteiger partial charge in [0.05, 0.1) is 33.1 Å². The van der Waals surface area contributed by atoms with Crippen LogP contribution in [0.5, 0.6) is 0 Å². The largest absolute Gasteiger partial charge is 0.399 e. The Bertz CT molecular complexity index is 4270. The van der Waals surface area contributed by atoms with Crippen LogP contribution in [0.15, 0.2) is 103 Å². The van der Waals surface area contributed by atoms with E-state index in [0.29, 0.717) is 106 Å². The van der Waals surface area contributed by atoms with Gasteiger partial charge in [0.25, 0.3) is 11.8 Å². The number of aromatic amines is 1. The predicted octanol–water partition coefficient (Wildman–Crippen LogP) is 11.5. The minimum Gasteiger partial charge on any atom is -0.399 e. The average molecular weight is 1600 g/mol. The van der Waals surface area contributed by atoms with E-state index >= 15 is 0 Å². The number of anilines is 2. The number of H-pyrrole nitrogens is 1. The molecule has 106 heavy (non-hydrogen) atoms. The van der Waals surface area contributed by atoms with E-state index in [1.807, 2.05) is 39.2 Å². The first-order chi connectivity index (χ1) is 50.4. The number of aldehydes is 2. The van der Waals surface area contributed by atoms with Crippen molar-refractivity contribution in [2.75, 3.05) is 69.6 Å². The number of piperazine rings is 1. The zero-order chi connectivity index (χ0) is 76.5. The Hall–Kier alpha value is -6.24. The molecule has 23 nitrogen and oxygen atoms in total. The molecule has 3 aromatic carbocycles. The first-order valence-corrected chi connectivity index (χ1v) is 42.0. The van der Waals surface area contributed by atoms with Crippen LogP contribution in [-0.2, 0) is 60.5 Å². The fourth-order valence-corrected chi connectivity index (χ4v) is 22.8. The minimum atomic E-state index is -3.48. The molecule has 7 heterocycles. The molecule has 0 radical (unpaired) electrons. The summed E-state index contributed by atoms with van der Waals surface area (Å²) in [6.07, 6.45) is 26.1. The van der Waals surface area contributed by atoms with Crippen LogP contribution in [-0.4, -0.2) is 172 Å². The zero-order valence-electron chi connectivity index (χ0n) is 61.5. The standard InChI is InChI=1S/C32H40BrN5O5.C22H27NO2.C12H12N2O2S.C7H15Cl2N2O2P.C5H8O2/c1-16(2)12-24-29(40)37-11-7-10-25(37)32(42)38(24)30(41)31(43-32,17(3)4)35-28(39)18-13-20-19-8-6-9-22-26(19)21(27(33)34-22)14-23(20)36(5)15-18;1-4-22(24)10-8-18-16-6-5-15-11-19-14(13-23-25-19)12-20(15,2)17(16)7-9-21(18,22)3;13-9-1-5-11(6-2-9)17(15,16)12-7-3-10(14)4-8-12;8-2-5-11(6-3-9)14(12)10-4-1-7-13-14;6-4-2-1-3-5-7/h6,8-9,13,16-18,23-25,34,42H,7,10-12,14-15H2,1-5H3,(H,35,39);1,11,13,16-18,24H,5-10,12H2,2-3H3;1-8H,13-14H2;1-7H2,(H,10,12);4-5H,1-3H2/t18-,23-,24+,25+,31-,32+;16-,17+,18+,20+,21+,22+;;;/m11.../s1. The molecule has 28 heteroatoms. The van der Waals surface area contributed by atoms with Gasteiger partial charge >= 0.3 is 7.67 Å². The minimum absolute atomic E-state index is 0.104. The second-order valence-electron chi connectivity index (χ2n) is 30.9. The summed E-state index contributed by atoms with van der Waals surface area (Å²) < 4.78 is 56.4. The Labute approximate surface area is 640 Å². The lowest BCUT2D eigenvalue weighted by Crippen LogP contribution is -2.71. The molecule has 0 bridgehead atoms. The third-order valence-electron chi connectivity index (χ3n) is 23.9. The number of alkyl halides is 2. The normalized spacial score (nSPS) is 31.0. The summed E-state index contributed by atoms with van der Waals surface area (Å²) in [4.78, 5) is 70.4. The molecular formula is C78H102BrCl2N10O13PS. The number of carbonyl (C=O) groups excluding carboxylic acids is 5. The molecule has 4 saturated heterocycles. The summed E-state index contributed by atoms with van der Waals surface area (Å²) in [5, 5.41) is 34.3. The zero-order valence-corrected chi connectivity index (χ0v) is 66.3. The maximum atomic E-state index is 14.4. The molecule has 5 aromatic rings. The molecule has 1 unspecified atom stereocenters. The van der Waals surface area contributed by atoms with Gasteiger partial charge < -0.3 is 55.5 Å². The molecule has 10 aliphatic rings. The van der Waals surface area contributed by atoms with E-state index in [2.05, 4.69) is 79.4 Å². The second-order valence-corrected chi connectivity index (χ2v) is 36.6. The number of nitrogen functional groups attached to an aromatic ring is 2. The first-order valence-electron chi connectivity index (χ1n) is 37.1. The summed E-state index contributed by atoms with van der Waals surface area (Å²) in [5.74, 6) is 2.47. The molecular weight excluding hydrogens is 1500 g/mol. The van der Waals surface area contributed by atoms with E-state index in [0.717, 1.165) is 104 Å². The Morgan fingerprint density at radius 3 is 2.21 bits per heavy atom. The molecule has 9 N–H and O–H groups in total. The van der Waals surface area contributed by atoms with Gasteiger partial charge in [-0.15, -0.1) is 29.6 Å². The van der Waals surface area contributed by atoms with Gasteiger partial charge in [0.2, 0.25) is 27.4 Å². The highest BCUT2D eigenvalue weighted by Crippen LogP contribution is 2.67. The summed E-state index contributed by atoms with van der Waals surface area (Å²) in [7, 11) is -4.30. The van der Waals surface area contributed by atoms with Crippen LogP contribution in [0, 0.1) is 58.7 Å². The topological polar surface area (TPSA) is 326 Å². The maximum Gasteiger partial charge on any atom is 0.343 e. The number of carbonyl (C=O) groups is 5. The number of likely N-dealkylation sites (N-methyl/N-ethyl adjacent to an activating group) is 1. The number of fused-ring (bicyclic) bond motifs is 11. The number of hydrogen-bond acceptors (Lipinski definition) is 17. The number of nitrogens with one attached hydrogen (secondary N) is 3. The smallest absolute Gasteiger partial charge is 0.343 e. The average Bonchev–Trinajstić information content (AvgIpc) is 1.50. The molecule has 2 aromatic heterocycles. The molecule has 5 aliphatic heterocycles. The molecule has 0 spiro atoms. The number of rotatable bonds is 16. The summed E-state index contributed by atoms with van der Waals surface area (Å²) >= 11 is 14.9. The van der Waals surface area contributed by atoms with Gasteiger partial charge in [-0.1, -0.05) is 76.4 Å². The maximum absolute atomic E-state index is 14.4. The highest BCUT2D eigenvalue weighted by atomic mass is 79.9. The van der Waals surface area contributed by atoms with Crippen molar-refractivity contribution in [3.63, 3.8) is 0 Å². The van der Waals surface area contributed by atoms with Crippen LogP contribution in [0.25, 0.3) is 22.6 Å². The summed E-state index contributed by atoms with van der Waals surface area (Å²) in [6, 6.07) is 17.0. The van der Waals surface area contributed by atoms with Crippen molar-refractivity contribution in [1.29, 1.82) is 0 Å². The van der Waals surface area contributed by atoms with Crippen molar-refractivity contribution in [3.8, 4) is 12.3 Å². The third-order valence-corrected chi connectivity index (χ3v) is 29.0. The van der Waals surface area contributed by atoms with Gasteiger partial charge in [-0.3, -0.25) is 33.5 Å². The van der Waals surface area contributed by atoms with E-state index in [-0.39, 0.29) is 44.4 Å². The van der Waals surface area contributed by atoms with Gasteiger partial charge in [-0.25, -0.2) is 18.2 Å². The highest BCUT2D eigenvalue weighted by molar-refractivity contribution is 9.10. The van der Waals surface area contributed by atoms with Gasteiger partial charge in [0.15, 0.2) is 5.76 Å². The fraction of sp³-hybridized carbons (Fsp3) is 0.564. The van der Waals surface area contributed by atoms with Crippen molar-refractivity contribution in [1.82, 2.24) is 39.9 Å². The lowest BCUT2D eigenvalue weighted by atomic mass is 9.46. The number of allylic oxidation sites excluding steroid dienone is 1. The Balaban J connectivity index is 0.000000150. The number of amides is 3. The molecule has 15 rings (SSSR count). The molecule has 574 valence electrons. The van der Waals surface area contributed by atoms with E-state index in [9.17, 15) is 47.2 Å². The molecule has 3 amide bonds. The number of ether oxygens (including phenoxy) is 1. The van der Waals surface area contributed by atoms with E-state index in [1.165, 1.54) is 52.1 Å². The second kappa shape index (κ2) is 32.8. The van der Waals surface area contributed by atoms with Crippen molar-refractivity contribution in [2.24, 2.45) is 46.3 Å². The number of sulfone groups is 1. The molecule has 7 fully saturated rings. The van der Waals surface area contributed by atoms with E-state index < -0.39 is 64.6 Å². The Morgan fingerprint density at radius 1 is 0.943 bits per heavy atom.